The van der Waals surface area contributed by atoms with Crippen molar-refractivity contribution >= 4 is 0 Å². The van der Waals surface area contributed by atoms with Gasteiger partial charge in [0.1, 0.15) is 11.6 Å². The molecule has 0 spiro atoms. The Balaban J connectivity index is 1.72. The normalized spacial score (nSPS) is 20.7. The van der Waals surface area contributed by atoms with Crippen molar-refractivity contribution in [3.05, 3.63) is 35.4 Å². The van der Waals surface area contributed by atoms with Crippen molar-refractivity contribution in [3.8, 4) is 0 Å². The summed E-state index contributed by atoms with van der Waals surface area (Å²) in [5, 5.41) is 0. The van der Waals surface area contributed by atoms with Gasteiger partial charge in [-0.15, -0.1) is 0 Å². The summed E-state index contributed by atoms with van der Waals surface area (Å²) in [5.74, 6) is -1.08. The predicted octanol–water partition coefficient (Wildman–Crippen LogP) is 3.18. The molecule has 2 nitrogen and oxygen atoms in total. The lowest BCUT2D eigenvalue weighted by atomic mass is 10.00. The second kappa shape index (κ2) is 6.96. The van der Waals surface area contributed by atoms with Crippen molar-refractivity contribution in [3.63, 3.8) is 0 Å². The zero-order valence-corrected chi connectivity index (χ0v) is 11.1. The van der Waals surface area contributed by atoms with E-state index in [4.69, 9.17) is 10.5 Å². The smallest absolute Gasteiger partial charge is 0.126 e. The molecule has 19 heavy (non-hydrogen) atoms. The van der Waals surface area contributed by atoms with E-state index in [1.165, 1.54) is 12.1 Å². The van der Waals surface area contributed by atoms with Crippen LogP contribution >= 0.6 is 0 Å². The molecule has 4 heteroatoms. The Kier molecular flexibility index (Phi) is 5.28. The van der Waals surface area contributed by atoms with Crippen molar-refractivity contribution in [2.75, 3.05) is 6.61 Å². The fourth-order valence-electron chi connectivity index (χ4n) is 2.61. The molecule has 1 aromatic carbocycles. The molecule has 1 aliphatic rings. The van der Waals surface area contributed by atoms with Crippen molar-refractivity contribution < 1.29 is 13.5 Å². The highest BCUT2D eigenvalue weighted by molar-refractivity contribution is 5.18. The molecule has 2 unspecified atom stereocenters. The van der Waals surface area contributed by atoms with Crippen LogP contribution in [0.5, 0.6) is 0 Å². The molecule has 0 amide bonds. The first kappa shape index (κ1) is 14.4. The van der Waals surface area contributed by atoms with E-state index < -0.39 is 11.6 Å². The van der Waals surface area contributed by atoms with E-state index in [0.717, 1.165) is 44.8 Å². The third kappa shape index (κ3) is 4.88. The SMILES string of the molecule is NC(CCCC1CCCO1)Cc1cc(F)cc(F)c1. The lowest BCUT2D eigenvalue weighted by Gasteiger charge is -2.14. The quantitative estimate of drug-likeness (QED) is 0.860. The van der Waals surface area contributed by atoms with Gasteiger partial charge in [0.2, 0.25) is 0 Å². The summed E-state index contributed by atoms with van der Waals surface area (Å²) in [6.45, 7) is 0.874. The lowest BCUT2D eigenvalue weighted by molar-refractivity contribution is 0.101. The van der Waals surface area contributed by atoms with Crippen LogP contribution in [0.1, 0.15) is 37.7 Å². The van der Waals surface area contributed by atoms with Gasteiger partial charge in [-0.3, -0.25) is 0 Å². The molecule has 1 aromatic rings. The molecule has 0 bridgehead atoms. The average Bonchev–Trinajstić information content (AvgIpc) is 2.80. The maximum atomic E-state index is 13.0. The monoisotopic (exact) mass is 269 g/mol. The summed E-state index contributed by atoms with van der Waals surface area (Å²) >= 11 is 0. The fourth-order valence-corrected chi connectivity index (χ4v) is 2.61. The summed E-state index contributed by atoms with van der Waals surface area (Å²) in [4.78, 5) is 0. The minimum Gasteiger partial charge on any atom is -0.378 e. The first-order chi connectivity index (χ1) is 9.13. The second-order valence-electron chi connectivity index (χ2n) is 5.31. The molecule has 1 aliphatic heterocycles. The van der Waals surface area contributed by atoms with Gasteiger partial charge in [0.25, 0.3) is 0 Å². The zero-order valence-electron chi connectivity index (χ0n) is 11.1. The molecular formula is C15H21F2NO. The molecule has 0 saturated carbocycles. The first-order valence-corrected chi connectivity index (χ1v) is 6.95. The third-order valence-electron chi connectivity index (χ3n) is 3.55. The van der Waals surface area contributed by atoms with Crippen LogP contribution in [0.3, 0.4) is 0 Å². The van der Waals surface area contributed by atoms with Crippen molar-refractivity contribution in [2.45, 2.75) is 50.7 Å². The number of benzene rings is 1. The van der Waals surface area contributed by atoms with Gasteiger partial charge in [-0.2, -0.15) is 0 Å². The van der Waals surface area contributed by atoms with Gasteiger partial charge in [-0.25, -0.2) is 8.78 Å². The maximum absolute atomic E-state index is 13.0. The number of hydrogen-bond acceptors (Lipinski definition) is 2. The highest BCUT2D eigenvalue weighted by Crippen LogP contribution is 2.19. The average molecular weight is 269 g/mol. The Hall–Kier alpha value is -1.00. The van der Waals surface area contributed by atoms with Crippen LogP contribution in [0, 0.1) is 11.6 Å². The Bertz CT molecular complexity index is 385. The van der Waals surface area contributed by atoms with Gasteiger partial charge < -0.3 is 10.5 Å². The summed E-state index contributed by atoms with van der Waals surface area (Å²) < 4.78 is 31.6. The van der Waals surface area contributed by atoms with E-state index in [1.54, 1.807) is 0 Å². The number of halogens is 2. The Morgan fingerprint density at radius 3 is 2.63 bits per heavy atom. The maximum Gasteiger partial charge on any atom is 0.126 e. The van der Waals surface area contributed by atoms with Gasteiger partial charge in [0.05, 0.1) is 6.10 Å². The minimum absolute atomic E-state index is 0.0531. The molecule has 1 fully saturated rings. The zero-order chi connectivity index (χ0) is 13.7. The highest BCUT2D eigenvalue weighted by Gasteiger charge is 2.15. The van der Waals surface area contributed by atoms with Crippen molar-refractivity contribution in [1.29, 1.82) is 0 Å². The van der Waals surface area contributed by atoms with E-state index >= 15 is 0 Å². The first-order valence-electron chi connectivity index (χ1n) is 6.95. The van der Waals surface area contributed by atoms with Crippen LogP contribution in [0.25, 0.3) is 0 Å². The van der Waals surface area contributed by atoms with Gasteiger partial charge in [0.15, 0.2) is 0 Å². The van der Waals surface area contributed by atoms with Gasteiger partial charge in [-0.05, 0) is 56.2 Å². The van der Waals surface area contributed by atoms with Gasteiger partial charge in [-0.1, -0.05) is 0 Å². The summed E-state index contributed by atoms with van der Waals surface area (Å²) in [5.41, 5.74) is 6.63. The Morgan fingerprint density at radius 2 is 2.00 bits per heavy atom. The van der Waals surface area contributed by atoms with Crippen LogP contribution in [-0.4, -0.2) is 18.8 Å². The summed E-state index contributed by atoms with van der Waals surface area (Å²) in [6, 6.07) is 3.53. The molecule has 1 saturated heterocycles. The Morgan fingerprint density at radius 1 is 1.26 bits per heavy atom. The predicted molar refractivity (Wildman–Crippen MR) is 70.9 cm³/mol. The van der Waals surface area contributed by atoms with E-state index in [2.05, 4.69) is 0 Å². The Labute approximate surface area is 112 Å². The molecule has 106 valence electrons. The molecule has 1 heterocycles. The van der Waals surface area contributed by atoms with Crippen LogP contribution in [0.4, 0.5) is 8.78 Å². The molecule has 2 atom stereocenters. The number of nitrogens with two attached hydrogens (primary N) is 1. The highest BCUT2D eigenvalue weighted by atomic mass is 19.1. The van der Waals surface area contributed by atoms with Crippen LogP contribution in [0.2, 0.25) is 0 Å². The fraction of sp³-hybridized carbons (Fsp3) is 0.600. The molecule has 0 aromatic heterocycles. The van der Waals surface area contributed by atoms with E-state index in [-0.39, 0.29) is 6.04 Å². The van der Waals surface area contributed by atoms with E-state index in [1.807, 2.05) is 0 Å². The van der Waals surface area contributed by atoms with Gasteiger partial charge in [0, 0.05) is 18.7 Å². The topological polar surface area (TPSA) is 35.2 Å². The standard InChI is InChI=1S/C15H21F2NO/c16-12-7-11(8-13(17)10-12)9-14(18)3-1-4-15-5-2-6-19-15/h7-8,10,14-15H,1-6,9,18H2. The van der Waals surface area contributed by atoms with Crippen LogP contribution in [-0.2, 0) is 11.2 Å². The van der Waals surface area contributed by atoms with Crippen molar-refractivity contribution in [2.24, 2.45) is 5.73 Å². The third-order valence-corrected chi connectivity index (χ3v) is 3.55. The minimum atomic E-state index is -0.540. The summed E-state index contributed by atoms with van der Waals surface area (Å²) in [7, 11) is 0. The largest absolute Gasteiger partial charge is 0.378 e. The molecule has 0 aliphatic carbocycles. The number of ether oxygens (including phenoxy) is 1. The van der Waals surface area contributed by atoms with E-state index in [0.29, 0.717) is 18.1 Å². The van der Waals surface area contributed by atoms with Gasteiger partial charge >= 0.3 is 0 Å². The van der Waals surface area contributed by atoms with Crippen molar-refractivity contribution in [1.82, 2.24) is 0 Å². The molecule has 0 radical (unpaired) electrons. The summed E-state index contributed by atoms with van der Waals surface area (Å²) in [6.07, 6.45) is 6.09. The lowest BCUT2D eigenvalue weighted by Crippen LogP contribution is -2.23. The van der Waals surface area contributed by atoms with Crippen LogP contribution in [0.15, 0.2) is 18.2 Å². The van der Waals surface area contributed by atoms with E-state index in [9.17, 15) is 8.78 Å². The molecular weight excluding hydrogens is 248 g/mol. The molecule has 2 N–H and O–H groups in total. The molecule has 2 rings (SSSR count). The second-order valence-corrected chi connectivity index (χ2v) is 5.31. The number of rotatable bonds is 6. The van der Waals surface area contributed by atoms with Crippen LogP contribution < -0.4 is 5.73 Å². The number of hydrogen-bond donors (Lipinski definition) is 1.